The maximum Gasteiger partial charge on any atom is 0.142 e. The molecule has 1 atom stereocenters. The van der Waals surface area contributed by atoms with Crippen molar-refractivity contribution in [1.29, 1.82) is 0 Å². The molecular formula is C15H23N5O. The lowest BCUT2D eigenvalue weighted by molar-refractivity contribution is 0.109. The van der Waals surface area contributed by atoms with Gasteiger partial charge in [-0.25, -0.2) is 9.97 Å². The zero-order valence-corrected chi connectivity index (χ0v) is 12.7. The van der Waals surface area contributed by atoms with Gasteiger partial charge in [-0.2, -0.15) is 0 Å². The first-order chi connectivity index (χ1) is 10.3. The number of hydrogen-bond donors (Lipinski definition) is 1. The standard InChI is InChI=1S/C15H23N5O/c1-3-12-10-20(7-6-19(12)8-9-21-2)15-13-4-5-16-14(13)17-11-18-15/h4-5,11-12H,3,6-10H2,1-2H3,(H,16,17,18)/t12-/m1/s1. The molecule has 0 spiro atoms. The summed E-state index contributed by atoms with van der Waals surface area (Å²) in [5, 5.41) is 1.11. The van der Waals surface area contributed by atoms with Gasteiger partial charge in [-0.3, -0.25) is 4.90 Å². The number of fused-ring (bicyclic) bond motifs is 1. The van der Waals surface area contributed by atoms with Crippen molar-refractivity contribution in [3.05, 3.63) is 18.6 Å². The summed E-state index contributed by atoms with van der Waals surface area (Å²) in [6.07, 6.45) is 4.71. The van der Waals surface area contributed by atoms with Crippen molar-refractivity contribution in [2.75, 3.05) is 44.8 Å². The molecule has 21 heavy (non-hydrogen) atoms. The fourth-order valence-electron chi connectivity index (χ4n) is 3.09. The zero-order valence-electron chi connectivity index (χ0n) is 12.7. The number of methoxy groups -OCH3 is 1. The van der Waals surface area contributed by atoms with Gasteiger partial charge in [-0.1, -0.05) is 6.92 Å². The second kappa shape index (κ2) is 6.41. The molecule has 0 unspecified atom stereocenters. The third-order valence-electron chi connectivity index (χ3n) is 4.29. The molecule has 6 heteroatoms. The maximum absolute atomic E-state index is 5.22. The van der Waals surface area contributed by atoms with E-state index in [1.807, 2.05) is 6.20 Å². The van der Waals surface area contributed by atoms with Crippen LogP contribution in [0.5, 0.6) is 0 Å². The summed E-state index contributed by atoms with van der Waals surface area (Å²) in [7, 11) is 1.76. The van der Waals surface area contributed by atoms with Gasteiger partial charge in [0, 0.05) is 45.5 Å². The molecule has 114 valence electrons. The molecule has 2 aromatic rings. The molecule has 1 fully saturated rings. The fourth-order valence-corrected chi connectivity index (χ4v) is 3.09. The van der Waals surface area contributed by atoms with Crippen LogP contribution in [0.1, 0.15) is 13.3 Å². The van der Waals surface area contributed by atoms with E-state index in [1.54, 1.807) is 13.4 Å². The first-order valence-electron chi connectivity index (χ1n) is 7.59. The minimum absolute atomic E-state index is 0.554. The highest BCUT2D eigenvalue weighted by Crippen LogP contribution is 2.25. The smallest absolute Gasteiger partial charge is 0.142 e. The molecule has 1 aliphatic heterocycles. The highest BCUT2D eigenvalue weighted by molar-refractivity contribution is 5.87. The molecule has 0 aromatic carbocycles. The lowest BCUT2D eigenvalue weighted by Gasteiger charge is -2.41. The number of ether oxygens (including phenoxy) is 1. The van der Waals surface area contributed by atoms with Gasteiger partial charge in [0.15, 0.2) is 0 Å². The molecule has 0 saturated carbocycles. The lowest BCUT2D eigenvalue weighted by Crippen LogP contribution is -2.54. The third kappa shape index (κ3) is 2.87. The minimum atomic E-state index is 0.554. The van der Waals surface area contributed by atoms with Crippen LogP contribution in [0.25, 0.3) is 11.0 Å². The van der Waals surface area contributed by atoms with Crippen molar-refractivity contribution in [3.8, 4) is 0 Å². The fraction of sp³-hybridized carbons (Fsp3) is 0.600. The summed E-state index contributed by atoms with van der Waals surface area (Å²) in [5.74, 6) is 1.05. The van der Waals surface area contributed by atoms with E-state index in [9.17, 15) is 0 Å². The van der Waals surface area contributed by atoms with E-state index in [0.29, 0.717) is 6.04 Å². The van der Waals surface area contributed by atoms with Gasteiger partial charge in [-0.05, 0) is 12.5 Å². The van der Waals surface area contributed by atoms with E-state index >= 15 is 0 Å². The second-order valence-electron chi connectivity index (χ2n) is 5.47. The van der Waals surface area contributed by atoms with E-state index in [4.69, 9.17) is 4.74 Å². The van der Waals surface area contributed by atoms with Crippen molar-refractivity contribution in [1.82, 2.24) is 19.9 Å². The molecular weight excluding hydrogens is 266 g/mol. The molecule has 1 N–H and O–H groups in total. The lowest BCUT2D eigenvalue weighted by atomic mass is 10.1. The second-order valence-corrected chi connectivity index (χ2v) is 5.47. The number of nitrogens with zero attached hydrogens (tertiary/aromatic N) is 4. The van der Waals surface area contributed by atoms with Crippen LogP contribution in [-0.4, -0.2) is 65.8 Å². The van der Waals surface area contributed by atoms with Gasteiger partial charge in [0.2, 0.25) is 0 Å². The molecule has 1 aliphatic rings. The van der Waals surface area contributed by atoms with E-state index in [-0.39, 0.29) is 0 Å². The van der Waals surface area contributed by atoms with Crippen LogP contribution >= 0.6 is 0 Å². The number of aromatic amines is 1. The highest BCUT2D eigenvalue weighted by Gasteiger charge is 2.27. The Kier molecular flexibility index (Phi) is 4.36. The normalized spacial score (nSPS) is 20.3. The van der Waals surface area contributed by atoms with Gasteiger partial charge in [0.25, 0.3) is 0 Å². The van der Waals surface area contributed by atoms with E-state index in [1.165, 1.54) is 0 Å². The SMILES string of the molecule is CC[C@@H]1CN(c2ncnc3[nH]ccc23)CCN1CCOC. The van der Waals surface area contributed by atoms with Crippen LogP contribution in [0.2, 0.25) is 0 Å². The number of anilines is 1. The summed E-state index contributed by atoms with van der Waals surface area (Å²) < 4.78 is 5.22. The number of aromatic nitrogens is 3. The van der Waals surface area contributed by atoms with Crippen LogP contribution in [0, 0.1) is 0 Å². The molecule has 3 rings (SSSR count). The van der Waals surface area contributed by atoms with Crippen LogP contribution in [0.3, 0.4) is 0 Å². The topological polar surface area (TPSA) is 57.3 Å². The highest BCUT2D eigenvalue weighted by atomic mass is 16.5. The molecule has 0 aliphatic carbocycles. The predicted molar refractivity (Wildman–Crippen MR) is 83.6 cm³/mol. The zero-order chi connectivity index (χ0) is 14.7. The molecule has 6 nitrogen and oxygen atoms in total. The molecule has 3 heterocycles. The quantitative estimate of drug-likeness (QED) is 0.904. The first kappa shape index (κ1) is 14.3. The van der Waals surface area contributed by atoms with Gasteiger partial charge >= 0.3 is 0 Å². The number of hydrogen-bond acceptors (Lipinski definition) is 5. The van der Waals surface area contributed by atoms with Crippen molar-refractivity contribution in [2.24, 2.45) is 0 Å². The molecule has 0 radical (unpaired) electrons. The largest absolute Gasteiger partial charge is 0.383 e. The molecule has 0 amide bonds. The van der Waals surface area contributed by atoms with E-state index in [2.05, 4.69) is 37.7 Å². The maximum atomic E-state index is 5.22. The Morgan fingerprint density at radius 1 is 1.38 bits per heavy atom. The number of H-pyrrole nitrogens is 1. The van der Waals surface area contributed by atoms with Crippen LogP contribution in [-0.2, 0) is 4.74 Å². The third-order valence-corrected chi connectivity index (χ3v) is 4.29. The minimum Gasteiger partial charge on any atom is -0.383 e. The van der Waals surface area contributed by atoms with Crippen LogP contribution in [0.15, 0.2) is 18.6 Å². The van der Waals surface area contributed by atoms with Gasteiger partial charge in [0.1, 0.15) is 17.8 Å². The summed E-state index contributed by atoms with van der Waals surface area (Å²) in [5.41, 5.74) is 0.912. The number of piperazine rings is 1. The molecule has 1 saturated heterocycles. The van der Waals surface area contributed by atoms with E-state index in [0.717, 1.165) is 56.1 Å². The van der Waals surface area contributed by atoms with Crippen molar-refractivity contribution in [2.45, 2.75) is 19.4 Å². The van der Waals surface area contributed by atoms with Crippen molar-refractivity contribution in [3.63, 3.8) is 0 Å². The van der Waals surface area contributed by atoms with Crippen LogP contribution < -0.4 is 4.90 Å². The summed E-state index contributed by atoms with van der Waals surface area (Å²) >= 11 is 0. The molecule has 0 bridgehead atoms. The van der Waals surface area contributed by atoms with E-state index < -0.39 is 0 Å². The Labute approximate surface area is 125 Å². The predicted octanol–water partition coefficient (Wildman–Crippen LogP) is 1.50. The monoisotopic (exact) mass is 289 g/mol. The average molecular weight is 289 g/mol. The Bertz CT molecular complexity index is 584. The Hall–Kier alpha value is -1.66. The molecule has 2 aromatic heterocycles. The Morgan fingerprint density at radius 3 is 3.10 bits per heavy atom. The van der Waals surface area contributed by atoms with Crippen molar-refractivity contribution < 1.29 is 4.74 Å². The average Bonchev–Trinajstić information content (AvgIpc) is 3.01. The van der Waals surface area contributed by atoms with Crippen molar-refractivity contribution >= 4 is 16.9 Å². The van der Waals surface area contributed by atoms with Gasteiger partial charge in [0.05, 0.1) is 12.0 Å². The van der Waals surface area contributed by atoms with Crippen LogP contribution in [0.4, 0.5) is 5.82 Å². The number of rotatable bonds is 5. The summed E-state index contributed by atoms with van der Waals surface area (Å²) in [6, 6.07) is 2.61. The summed E-state index contributed by atoms with van der Waals surface area (Å²) in [4.78, 5) is 16.8. The first-order valence-corrected chi connectivity index (χ1v) is 7.59. The van der Waals surface area contributed by atoms with Gasteiger partial charge in [-0.15, -0.1) is 0 Å². The summed E-state index contributed by atoms with van der Waals surface area (Å²) in [6.45, 7) is 7.12. The van der Waals surface area contributed by atoms with Gasteiger partial charge < -0.3 is 14.6 Å². The Morgan fingerprint density at radius 2 is 2.29 bits per heavy atom. The number of nitrogens with one attached hydrogen (secondary N) is 1. The Balaban J connectivity index is 1.77.